The van der Waals surface area contributed by atoms with Crippen LogP contribution >= 0.6 is 11.6 Å². The summed E-state index contributed by atoms with van der Waals surface area (Å²) in [5.74, 6) is 1.70. The first-order valence-electron chi connectivity index (χ1n) is 9.19. The monoisotopic (exact) mass is 392 g/mol. The predicted octanol–water partition coefficient (Wildman–Crippen LogP) is 3.17. The smallest absolute Gasteiger partial charge is 0.246 e. The highest BCUT2D eigenvalue weighted by atomic mass is 35.5. The van der Waals surface area contributed by atoms with E-state index in [0.717, 1.165) is 18.7 Å². The van der Waals surface area contributed by atoms with Crippen LogP contribution in [-0.2, 0) is 6.54 Å². The third-order valence-corrected chi connectivity index (χ3v) is 4.41. The number of nitrogens with one attached hydrogen (secondary N) is 2. The highest BCUT2D eigenvalue weighted by Gasteiger charge is 2.13. The van der Waals surface area contributed by atoms with Crippen LogP contribution in [0.2, 0.25) is 5.02 Å². The van der Waals surface area contributed by atoms with Crippen molar-refractivity contribution < 1.29 is 4.52 Å². The quantitative estimate of drug-likeness (QED) is 0.530. The number of aliphatic imine (C=N–C) groups is 1. The zero-order valence-electron chi connectivity index (χ0n) is 16.7. The fourth-order valence-electron chi connectivity index (χ4n) is 2.87. The summed E-state index contributed by atoms with van der Waals surface area (Å²) >= 11 is 6.01. The minimum Gasteiger partial charge on any atom is -0.355 e. The molecule has 2 aromatic rings. The standard InChI is InChI=1S/C19H29ClN6O/c1-13(2)26(14(3)4)10-9-22-19(21-5)23-12-17-24-18(25-27-17)15-7-6-8-16(20)11-15/h6-8,11,13-14H,9-10,12H2,1-5H3,(H2,21,22,23). The van der Waals surface area contributed by atoms with Crippen LogP contribution in [0, 0.1) is 0 Å². The molecule has 0 aliphatic carbocycles. The van der Waals surface area contributed by atoms with Gasteiger partial charge < -0.3 is 15.2 Å². The van der Waals surface area contributed by atoms with Gasteiger partial charge in [0.1, 0.15) is 0 Å². The Morgan fingerprint density at radius 2 is 1.96 bits per heavy atom. The SMILES string of the molecule is CN=C(NCCN(C(C)C)C(C)C)NCc1nc(-c2cccc(Cl)c2)no1. The summed E-state index contributed by atoms with van der Waals surface area (Å²) in [6, 6.07) is 8.37. The first-order chi connectivity index (χ1) is 12.9. The fourth-order valence-corrected chi connectivity index (χ4v) is 3.06. The third kappa shape index (κ3) is 6.52. The molecule has 7 nitrogen and oxygen atoms in total. The summed E-state index contributed by atoms with van der Waals surface area (Å²) in [6.07, 6.45) is 0. The van der Waals surface area contributed by atoms with Crippen LogP contribution < -0.4 is 10.6 Å². The molecule has 2 rings (SSSR count). The van der Waals surface area contributed by atoms with E-state index in [1.807, 2.05) is 18.2 Å². The van der Waals surface area contributed by atoms with E-state index in [1.54, 1.807) is 13.1 Å². The van der Waals surface area contributed by atoms with Gasteiger partial charge in [-0.2, -0.15) is 4.98 Å². The number of rotatable bonds is 8. The molecule has 0 atom stereocenters. The molecule has 0 amide bonds. The molecular formula is C19H29ClN6O. The summed E-state index contributed by atoms with van der Waals surface area (Å²) in [5.41, 5.74) is 0.822. The van der Waals surface area contributed by atoms with Crippen molar-refractivity contribution in [1.29, 1.82) is 0 Å². The Labute approximate surface area is 166 Å². The fraction of sp³-hybridized carbons (Fsp3) is 0.526. The van der Waals surface area contributed by atoms with Gasteiger partial charge in [-0.25, -0.2) is 0 Å². The van der Waals surface area contributed by atoms with E-state index >= 15 is 0 Å². The summed E-state index contributed by atoms with van der Waals surface area (Å²) in [4.78, 5) is 11.1. The molecule has 0 unspecified atom stereocenters. The molecule has 0 saturated carbocycles. The van der Waals surface area contributed by atoms with E-state index < -0.39 is 0 Å². The molecule has 27 heavy (non-hydrogen) atoms. The van der Waals surface area contributed by atoms with Crippen molar-refractivity contribution in [2.24, 2.45) is 4.99 Å². The zero-order chi connectivity index (χ0) is 19.8. The number of benzene rings is 1. The Hall–Kier alpha value is -2.12. The summed E-state index contributed by atoms with van der Waals surface area (Å²) in [6.45, 7) is 11.0. The average Bonchev–Trinajstić information content (AvgIpc) is 3.09. The van der Waals surface area contributed by atoms with E-state index in [-0.39, 0.29) is 0 Å². The Kier molecular flexibility index (Phi) is 8.06. The second-order valence-electron chi connectivity index (χ2n) is 6.80. The minimum atomic E-state index is 0.394. The second-order valence-corrected chi connectivity index (χ2v) is 7.24. The lowest BCUT2D eigenvalue weighted by atomic mass is 10.2. The molecule has 0 bridgehead atoms. The molecule has 1 aromatic heterocycles. The first kappa shape index (κ1) is 21.2. The number of nitrogens with zero attached hydrogens (tertiary/aromatic N) is 4. The average molecular weight is 393 g/mol. The lowest BCUT2D eigenvalue weighted by Crippen LogP contribution is -2.45. The van der Waals surface area contributed by atoms with Crippen molar-refractivity contribution in [3.8, 4) is 11.4 Å². The van der Waals surface area contributed by atoms with Crippen LogP contribution in [0.25, 0.3) is 11.4 Å². The summed E-state index contributed by atoms with van der Waals surface area (Å²) < 4.78 is 5.30. The van der Waals surface area contributed by atoms with Crippen LogP contribution in [0.5, 0.6) is 0 Å². The lowest BCUT2D eigenvalue weighted by molar-refractivity contribution is 0.178. The largest absolute Gasteiger partial charge is 0.355 e. The van der Waals surface area contributed by atoms with E-state index in [1.165, 1.54) is 0 Å². The van der Waals surface area contributed by atoms with Crippen LogP contribution in [0.4, 0.5) is 0 Å². The van der Waals surface area contributed by atoms with Crippen molar-refractivity contribution in [2.45, 2.75) is 46.3 Å². The molecule has 148 valence electrons. The van der Waals surface area contributed by atoms with Crippen LogP contribution in [0.15, 0.2) is 33.8 Å². The van der Waals surface area contributed by atoms with Crippen molar-refractivity contribution in [2.75, 3.05) is 20.1 Å². The van der Waals surface area contributed by atoms with Crippen molar-refractivity contribution in [3.63, 3.8) is 0 Å². The Bertz CT molecular complexity index is 735. The van der Waals surface area contributed by atoms with Gasteiger partial charge in [-0.3, -0.25) is 9.89 Å². The maximum absolute atomic E-state index is 6.01. The Morgan fingerprint density at radius 3 is 2.59 bits per heavy atom. The Morgan fingerprint density at radius 1 is 1.22 bits per heavy atom. The number of hydrogen-bond acceptors (Lipinski definition) is 5. The van der Waals surface area contributed by atoms with Gasteiger partial charge in [-0.1, -0.05) is 28.9 Å². The van der Waals surface area contributed by atoms with Gasteiger partial charge in [0, 0.05) is 42.8 Å². The van der Waals surface area contributed by atoms with Gasteiger partial charge >= 0.3 is 0 Å². The molecule has 0 radical (unpaired) electrons. The first-order valence-corrected chi connectivity index (χ1v) is 9.57. The van der Waals surface area contributed by atoms with Crippen molar-refractivity contribution >= 4 is 17.6 Å². The Balaban J connectivity index is 1.84. The summed E-state index contributed by atoms with van der Waals surface area (Å²) in [7, 11) is 1.74. The number of hydrogen-bond donors (Lipinski definition) is 2. The molecular weight excluding hydrogens is 364 g/mol. The molecule has 8 heteroatoms. The molecule has 0 fully saturated rings. The number of guanidine groups is 1. The van der Waals surface area contributed by atoms with Gasteiger partial charge in [0.25, 0.3) is 0 Å². The molecule has 0 aliphatic rings. The van der Waals surface area contributed by atoms with Gasteiger partial charge in [-0.15, -0.1) is 0 Å². The van der Waals surface area contributed by atoms with Crippen LogP contribution in [-0.4, -0.2) is 53.2 Å². The van der Waals surface area contributed by atoms with E-state index in [9.17, 15) is 0 Å². The van der Waals surface area contributed by atoms with E-state index in [4.69, 9.17) is 16.1 Å². The third-order valence-electron chi connectivity index (χ3n) is 4.17. The maximum Gasteiger partial charge on any atom is 0.246 e. The summed E-state index contributed by atoms with van der Waals surface area (Å²) in [5, 5.41) is 11.1. The normalized spacial score (nSPS) is 12.3. The molecule has 1 heterocycles. The van der Waals surface area contributed by atoms with Gasteiger partial charge in [0.2, 0.25) is 11.7 Å². The molecule has 2 N–H and O–H groups in total. The van der Waals surface area contributed by atoms with Gasteiger partial charge in [0.15, 0.2) is 5.96 Å². The molecule has 1 aromatic carbocycles. The van der Waals surface area contributed by atoms with Crippen LogP contribution in [0.3, 0.4) is 0 Å². The highest BCUT2D eigenvalue weighted by Crippen LogP contribution is 2.19. The molecule has 0 saturated heterocycles. The minimum absolute atomic E-state index is 0.394. The number of aromatic nitrogens is 2. The van der Waals surface area contributed by atoms with E-state index in [0.29, 0.717) is 41.3 Å². The topological polar surface area (TPSA) is 78.6 Å². The predicted molar refractivity (Wildman–Crippen MR) is 110 cm³/mol. The second kappa shape index (κ2) is 10.3. The maximum atomic E-state index is 6.01. The molecule has 0 aliphatic heterocycles. The van der Waals surface area contributed by atoms with Crippen LogP contribution in [0.1, 0.15) is 33.6 Å². The van der Waals surface area contributed by atoms with E-state index in [2.05, 4.69) is 58.4 Å². The van der Waals surface area contributed by atoms with Gasteiger partial charge in [0.05, 0.1) is 6.54 Å². The zero-order valence-corrected chi connectivity index (χ0v) is 17.4. The number of halogens is 1. The van der Waals surface area contributed by atoms with Gasteiger partial charge in [-0.05, 0) is 39.8 Å². The van der Waals surface area contributed by atoms with Crippen molar-refractivity contribution in [1.82, 2.24) is 25.7 Å². The van der Waals surface area contributed by atoms with Crippen molar-refractivity contribution in [3.05, 3.63) is 35.2 Å². The highest BCUT2D eigenvalue weighted by molar-refractivity contribution is 6.30. The lowest BCUT2D eigenvalue weighted by Gasteiger charge is -2.30. The molecule has 0 spiro atoms.